The average Bonchev–Trinajstić information content (AvgIpc) is 2.80. The van der Waals surface area contributed by atoms with Crippen LogP contribution >= 0.6 is 0 Å². The van der Waals surface area contributed by atoms with E-state index in [1.165, 1.54) is 4.80 Å². The van der Waals surface area contributed by atoms with Gasteiger partial charge in [0.1, 0.15) is 11.4 Å². The monoisotopic (exact) mass is 242 g/mol. The molecule has 1 aromatic rings. The summed E-state index contributed by atoms with van der Waals surface area (Å²) in [6.07, 6.45) is 0. The van der Waals surface area contributed by atoms with Crippen LogP contribution in [0, 0.1) is 6.92 Å². The first kappa shape index (κ1) is 10.6. The molecule has 0 amide bonds. The molecule has 90 valence electrons. The maximum Gasteiger partial charge on any atom is 0.227 e. The standard InChI is InChI=1S/C11H10N6O/c1-7-10-11(13-12-7)14-16-17(15-10)8-5-3-4-6-9(8)18-2/h3-6H,1-2H3. The number of para-hydroxylation sites is 2. The summed E-state index contributed by atoms with van der Waals surface area (Å²) in [5.74, 6) is 1.12. The number of aryl methyl sites for hydroxylation is 1. The van der Waals surface area contributed by atoms with E-state index in [9.17, 15) is 0 Å². The maximum absolute atomic E-state index is 5.26. The smallest absolute Gasteiger partial charge is 0.227 e. The number of aromatic nitrogens is 6. The zero-order valence-electron chi connectivity index (χ0n) is 9.90. The third kappa shape index (κ3) is 1.56. The fourth-order valence-corrected chi connectivity index (χ4v) is 1.66. The van der Waals surface area contributed by atoms with E-state index >= 15 is 0 Å². The predicted octanol–water partition coefficient (Wildman–Crippen LogP) is 0.874. The number of ether oxygens (including phenoxy) is 1. The van der Waals surface area contributed by atoms with Gasteiger partial charge in [-0.15, -0.1) is 20.1 Å². The fraction of sp³-hybridized carbons (Fsp3) is 0.182. The highest BCUT2D eigenvalue weighted by molar-refractivity contribution is 5.52. The summed E-state index contributed by atoms with van der Waals surface area (Å²) < 4.78 is 5.26. The maximum atomic E-state index is 5.26. The van der Waals surface area contributed by atoms with Gasteiger partial charge in [0.2, 0.25) is 5.82 Å². The molecule has 2 aliphatic rings. The number of fused-ring (bicyclic) bond motifs is 1. The molecular formula is C11H10N6O. The molecule has 0 aliphatic carbocycles. The lowest BCUT2D eigenvalue weighted by Crippen LogP contribution is -2.11. The Morgan fingerprint density at radius 1 is 1.11 bits per heavy atom. The number of rotatable bonds is 2. The van der Waals surface area contributed by atoms with Gasteiger partial charge in [-0.3, -0.25) is 0 Å². The minimum Gasteiger partial charge on any atom is -0.494 e. The van der Waals surface area contributed by atoms with Crippen molar-refractivity contribution in [2.45, 2.75) is 6.92 Å². The SMILES string of the molecule is COc1ccccc1-n1nnc2nnc(C)c-2n1. The van der Waals surface area contributed by atoms with E-state index < -0.39 is 0 Å². The van der Waals surface area contributed by atoms with Gasteiger partial charge in [0, 0.05) is 0 Å². The third-order valence-electron chi connectivity index (χ3n) is 2.57. The van der Waals surface area contributed by atoms with Gasteiger partial charge in [0.25, 0.3) is 0 Å². The van der Waals surface area contributed by atoms with Gasteiger partial charge < -0.3 is 4.74 Å². The van der Waals surface area contributed by atoms with Crippen molar-refractivity contribution in [3.8, 4) is 23.0 Å². The molecule has 0 saturated carbocycles. The minimum absolute atomic E-state index is 0.443. The van der Waals surface area contributed by atoms with Crippen LogP contribution in [0.15, 0.2) is 24.3 Å². The molecule has 0 aromatic heterocycles. The number of nitrogens with zero attached hydrogens (tertiary/aromatic N) is 6. The zero-order chi connectivity index (χ0) is 12.5. The van der Waals surface area contributed by atoms with Crippen molar-refractivity contribution in [1.29, 1.82) is 0 Å². The highest BCUT2D eigenvalue weighted by atomic mass is 16.5. The summed E-state index contributed by atoms with van der Waals surface area (Å²) in [4.78, 5) is 1.41. The zero-order valence-corrected chi connectivity index (χ0v) is 9.90. The van der Waals surface area contributed by atoms with Crippen LogP contribution in [0.3, 0.4) is 0 Å². The van der Waals surface area contributed by atoms with E-state index in [2.05, 4.69) is 25.6 Å². The summed E-state index contributed by atoms with van der Waals surface area (Å²) in [7, 11) is 1.60. The Morgan fingerprint density at radius 3 is 2.78 bits per heavy atom. The van der Waals surface area contributed by atoms with Crippen LogP contribution in [0.5, 0.6) is 5.75 Å². The first-order valence-electron chi connectivity index (χ1n) is 5.36. The minimum atomic E-state index is 0.443. The molecule has 1 aromatic carbocycles. The van der Waals surface area contributed by atoms with Gasteiger partial charge in [0.05, 0.1) is 12.8 Å². The lowest BCUT2D eigenvalue weighted by molar-refractivity contribution is 0.408. The molecule has 7 heteroatoms. The third-order valence-corrected chi connectivity index (χ3v) is 2.57. The van der Waals surface area contributed by atoms with Crippen molar-refractivity contribution in [3.05, 3.63) is 30.0 Å². The van der Waals surface area contributed by atoms with Crippen molar-refractivity contribution < 1.29 is 4.74 Å². The molecule has 0 N–H and O–H groups in total. The Kier molecular flexibility index (Phi) is 2.36. The van der Waals surface area contributed by atoms with E-state index in [-0.39, 0.29) is 0 Å². The molecule has 7 nitrogen and oxygen atoms in total. The lowest BCUT2D eigenvalue weighted by Gasteiger charge is -2.08. The van der Waals surface area contributed by atoms with E-state index in [1.807, 2.05) is 31.2 Å². The predicted molar refractivity (Wildman–Crippen MR) is 62.7 cm³/mol. The Morgan fingerprint density at radius 2 is 1.94 bits per heavy atom. The quantitative estimate of drug-likeness (QED) is 0.663. The normalized spacial score (nSPS) is 10.8. The highest BCUT2D eigenvalue weighted by Gasteiger charge is 2.16. The van der Waals surface area contributed by atoms with E-state index in [0.717, 1.165) is 11.4 Å². The van der Waals surface area contributed by atoms with Gasteiger partial charge in [0.15, 0.2) is 5.69 Å². The Hall–Kier alpha value is -2.57. The highest BCUT2D eigenvalue weighted by Crippen LogP contribution is 2.22. The summed E-state index contributed by atoms with van der Waals surface area (Å²) in [5, 5.41) is 20.1. The Balaban J connectivity index is 2.20. The first-order valence-corrected chi connectivity index (χ1v) is 5.36. The Labute approximate surface area is 103 Å². The van der Waals surface area contributed by atoms with Crippen molar-refractivity contribution in [3.63, 3.8) is 0 Å². The molecule has 0 spiro atoms. The van der Waals surface area contributed by atoms with Gasteiger partial charge in [-0.2, -0.15) is 5.10 Å². The number of hydrogen-bond donors (Lipinski definition) is 0. The molecule has 2 heterocycles. The second kappa shape index (κ2) is 4.02. The van der Waals surface area contributed by atoms with E-state index in [0.29, 0.717) is 17.3 Å². The Bertz CT molecular complexity index is 664. The lowest BCUT2D eigenvalue weighted by atomic mass is 10.3. The van der Waals surface area contributed by atoms with Gasteiger partial charge >= 0.3 is 0 Å². The van der Waals surface area contributed by atoms with Gasteiger partial charge in [-0.25, -0.2) is 0 Å². The largest absolute Gasteiger partial charge is 0.494 e. The van der Waals surface area contributed by atoms with E-state index in [4.69, 9.17) is 4.74 Å². The summed E-state index contributed by atoms with van der Waals surface area (Å²) in [5.41, 5.74) is 2.08. The fourth-order valence-electron chi connectivity index (χ4n) is 1.66. The van der Waals surface area contributed by atoms with Crippen LogP contribution < -0.4 is 4.74 Å². The number of hydrogen-bond acceptors (Lipinski definition) is 6. The van der Waals surface area contributed by atoms with E-state index in [1.54, 1.807) is 7.11 Å². The molecule has 0 unspecified atom stereocenters. The number of methoxy groups -OCH3 is 1. The molecule has 0 bridgehead atoms. The molecule has 3 rings (SSSR count). The van der Waals surface area contributed by atoms with Gasteiger partial charge in [-0.05, 0) is 24.3 Å². The second-order valence-corrected chi connectivity index (χ2v) is 3.71. The van der Waals surface area contributed by atoms with Crippen molar-refractivity contribution in [2.75, 3.05) is 7.11 Å². The van der Waals surface area contributed by atoms with Gasteiger partial charge in [-0.1, -0.05) is 12.1 Å². The summed E-state index contributed by atoms with van der Waals surface area (Å²) in [6, 6.07) is 7.45. The average molecular weight is 242 g/mol. The second-order valence-electron chi connectivity index (χ2n) is 3.71. The molecule has 0 fully saturated rings. The van der Waals surface area contributed by atoms with Crippen LogP contribution in [0.2, 0.25) is 0 Å². The molecule has 0 saturated heterocycles. The molecule has 2 aliphatic heterocycles. The summed E-state index contributed by atoms with van der Waals surface area (Å²) >= 11 is 0. The van der Waals surface area contributed by atoms with Crippen LogP contribution in [-0.4, -0.2) is 37.5 Å². The molecule has 0 atom stereocenters. The van der Waals surface area contributed by atoms with Crippen molar-refractivity contribution in [1.82, 2.24) is 30.4 Å². The van der Waals surface area contributed by atoms with Crippen LogP contribution in [0.4, 0.5) is 0 Å². The van der Waals surface area contributed by atoms with Crippen LogP contribution in [-0.2, 0) is 0 Å². The molecular weight excluding hydrogens is 232 g/mol. The topological polar surface area (TPSA) is 78.6 Å². The van der Waals surface area contributed by atoms with Crippen LogP contribution in [0.25, 0.3) is 17.2 Å². The van der Waals surface area contributed by atoms with Crippen molar-refractivity contribution >= 4 is 0 Å². The summed E-state index contributed by atoms with van der Waals surface area (Å²) in [6.45, 7) is 1.83. The van der Waals surface area contributed by atoms with Crippen LogP contribution in [0.1, 0.15) is 5.69 Å². The molecule has 18 heavy (non-hydrogen) atoms. The van der Waals surface area contributed by atoms with Crippen molar-refractivity contribution in [2.24, 2.45) is 0 Å². The molecule has 0 radical (unpaired) electrons. The first-order chi connectivity index (χ1) is 8.79. The number of benzene rings is 1.